The van der Waals surface area contributed by atoms with E-state index >= 15 is 0 Å². The van der Waals surface area contributed by atoms with Crippen molar-refractivity contribution in [1.29, 1.82) is 0 Å². The molecule has 0 saturated heterocycles. The van der Waals surface area contributed by atoms with Crippen molar-refractivity contribution >= 4 is 12.0 Å². The van der Waals surface area contributed by atoms with E-state index in [9.17, 15) is 18.0 Å². The minimum atomic E-state index is -4.36. The number of nitrogens with zero attached hydrogens (tertiary/aromatic N) is 1. The zero-order chi connectivity index (χ0) is 17.8. The molecule has 1 rings (SSSR count). The summed E-state index contributed by atoms with van der Waals surface area (Å²) in [6.07, 6.45) is -1.00. The monoisotopic (exact) mass is 327 g/mol. The van der Waals surface area contributed by atoms with Gasteiger partial charge >= 0.3 is 6.18 Å². The van der Waals surface area contributed by atoms with Crippen LogP contribution in [0.25, 0.3) is 6.08 Å². The third-order valence-corrected chi connectivity index (χ3v) is 3.43. The van der Waals surface area contributed by atoms with Gasteiger partial charge in [-0.2, -0.15) is 13.2 Å². The zero-order valence-corrected chi connectivity index (χ0v) is 14.2. The van der Waals surface area contributed by atoms with Gasteiger partial charge in [-0.25, -0.2) is 0 Å². The lowest BCUT2D eigenvalue weighted by atomic mass is 10.1. The van der Waals surface area contributed by atoms with Crippen molar-refractivity contribution in [2.75, 3.05) is 0 Å². The second-order valence-corrected chi connectivity index (χ2v) is 6.23. The van der Waals surface area contributed by atoms with Crippen LogP contribution in [0.15, 0.2) is 24.3 Å². The molecule has 0 atom stereocenters. The predicted molar refractivity (Wildman–Crippen MR) is 87.0 cm³/mol. The highest BCUT2D eigenvalue weighted by Crippen LogP contribution is 2.30. The minimum absolute atomic E-state index is 0.0325. The van der Waals surface area contributed by atoms with Crippen LogP contribution in [0.2, 0.25) is 0 Å². The Labute approximate surface area is 136 Å². The van der Waals surface area contributed by atoms with Crippen molar-refractivity contribution < 1.29 is 18.0 Å². The van der Waals surface area contributed by atoms with E-state index in [0.717, 1.165) is 12.1 Å². The maximum Gasteiger partial charge on any atom is 0.416 e. The summed E-state index contributed by atoms with van der Waals surface area (Å²) in [5.41, 5.74) is 0.317. The van der Waals surface area contributed by atoms with Crippen molar-refractivity contribution in [2.24, 2.45) is 0 Å². The molecule has 1 amide bonds. The van der Waals surface area contributed by atoms with Crippen LogP contribution in [0.3, 0.4) is 0 Å². The molecule has 128 valence electrons. The predicted octanol–water partition coefficient (Wildman–Crippen LogP) is 5.06. The number of hydrogen-bond donors (Lipinski definition) is 0. The molecule has 1 aromatic carbocycles. The molecule has 0 unspecified atom stereocenters. The van der Waals surface area contributed by atoms with E-state index in [1.54, 1.807) is 30.0 Å². The standard InChI is InChI=1S/C18H24F3NO/c1-12(2)22(13(3)4)17(23)8-6-7-15-9-14(5)10-16(11-15)18(19,20)21/h6-7,9-13H,8H2,1-5H3/b7-6+. The Morgan fingerprint density at radius 1 is 1.13 bits per heavy atom. The highest BCUT2D eigenvalue weighted by Gasteiger charge is 2.30. The first-order chi connectivity index (χ1) is 10.5. The maximum atomic E-state index is 12.8. The van der Waals surface area contributed by atoms with E-state index in [1.165, 1.54) is 0 Å². The number of carbonyl (C=O) groups excluding carboxylic acids is 1. The van der Waals surface area contributed by atoms with Crippen LogP contribution in [0.5, 0.6) is 0 Å². The van der Waals surface area contributed by atoms with Gasteiger partial charge < -0.3 is 4.90 Å². The van der Waals surface area contributed by atoms with Gasteiger partial charge in [-0.1, -0.05) is 18.2 Å². The molecule has 0 saturated carbocycles. The molecule has 23 heavy (non-hydrogen) atoms. The van der Waals surface area contributed by atoms with Gasteiger partial charge in [0, 0.05) is 18.5 Å². The molecular formula is C18H24F3NO. The summed E-state index contributed by atoms with van der Waals surface area (Å²) in [5, 5.41) is 0. The van der Waals surface area contributed by atoms with E-state index in [-0.39, 0.29) is 24.4 Å². The number of halogens is 3. The summed E-state index contributed by atoms with van der Waals surface area (Å²) < 4.78 is 38.4. The molecule has 0 aliphatic rings. The highest BCUT2D eigenvalue weighted by molar-refractivity contribution is 5.79. The van der Waals surface area contributed by atoms with Crippen molar-refractivity contribution in [1.82, 2.24) is 4.90 Å². The molecule has 0 aromatic heterocycles. The Kier molecular flexibility index (Phi) is 6.42. The zero-order valence-electron chi connectivity index (χ0n) is 14.2. The quantitative estimate of drug-likeness (QED) is 0.740. The topological polar surface area (TPSA) is 20.3 Å². The van der Waals surface area contributed by atoms with Crippen molar-refractivity contribution in [3.63, 3.8) is 0 Å². The van der Waals surface area contributed by atoms with Crippen LogP contribution in [-0.2, 0) is 11.0 Å². The lowest BCUT2D eigenvalue weighted by Crippen LogP contribution is -2.41. The third kappa shape index (κ3) is 5.73. The smallest absolute Gasteiger partial charge is 0.338 e. The Balaban J connectivity index is 2.86. The number of hydrogen-bond acceptors (Lipinski definition) is 1. The van der Waals surface area contributed by atoms with Crippen LogP contribution >= 0.6 is 0 Å². The van der Waals surface area contributed by atoms with Gasteiger partial charge in [-0.3, -0.25) is 4.79 Å². The molecular weight excluding hydrogens is 303 g/mol. The third-order valence-electron chi connectivity index (χ3n) is 3.43. The Hall–Kier alpha value is -1.78. The first-order valence-electron chi connectivity index (χ1n) is 7.69. The molecule has 0 spiro atoms. The van der Waals surface area contributed by atoms with E-state index < -0.39 is 11.7 Å². The molecule has 0 fully saturated rings. The molecule has 2 nitrogen and oxygen atoms in total. The van der Waals surface area contributed by atoms with Gasteiger partial charge in [0.25, 0.3) is 0 Å². The molecule has 0 aliphatic carbocycles. The Morgan fingerprint density at radius 2 is 1.70 bits per heavy atom. The van der Waals surface area contributed by atoms with Crippen molar-refractivity contribution in [3.8, 4) is 0 Å². The number of carbonyl (C=O) groups is 1. The van der Waals surface area contributed by atoms with Crippen molar-refractivity contribution in [3.05, 3.63) is 41.0 Å². The number of aryl methyl sites for hydroxylation is 1. The van der Waals surface area contributed by atoms with Gasteiger partial charge in [0.15, 0.2) is 0 Å². The normalized spacial score (nSPS) is 12.4. The number of rotatable bonds is 5. The molecule has 0 N–H and O–H groups in total. The summed E-state index contributed by atoms with van der Waals surface area (Å²) in [6.45, 7) is 9.39. The summed E-state index contributed by atoms with van der Waals surface area (Å²) in [5.74, 6) is -0.0325. The average Bonchev–Trinajstić information content (AvgIpc) is 2.35. The van der Waals surface area contributed by atoms with E-state index in [4.69, 9.17) is 0 Å². The molecule has 0 heterocycles. The summed E-state index contributed by atoms with van der Waals surface area (Å²) in [4.78, 5) is 14.0. The maximum absolute atomic E-state index is 12.8. The van der Waals surface area contributed by atoms with Gasteiger partial charge in [0.1, 0.15) is 0 Å². The van der Waals surface area contributed by atoms with Crippen LogP contribution in [0, 0.1) is 6.92 Å². The molecule has 0 radical (unpaired) electrons. The molecule has 1 aromatic rings. The highest BCUT2D eigenvalue weighted by atomic mass is 19.4. The lowest BCUT2D eigenvalue weighted by molar-refractivity contribution is -0.137. The SMILES string of the molecule is Cc1cc(/C=C/CC(=O)N(C(C)C)C(C)C)cc(C(F)(F)F)c1. The van der Waals surface area contributed by atoms with Gasteiger partial charge in [0.2, 0.25) is 5.91 Å². The van der Waals surface area contributed by atoms with E-state index in [0.29, 0.717) is 11.1 Å². The molecule has 0 aliphatic heterocycles. The largest absolute Gasteiger partial charge is 0.416 e. The number of amides is 1. The van der Waals surface area contributed by atoms with Crippen LogP contribution < -0.4 is 0 Å². The van der Waals surface area contributed by atoms with Gasteiger partial charge in [0.05, 0.1) is 5.56 Å². The summed E-state index contributed by atoms with van der Waals surface area (Å²) in [6, 6.07) is 4.05. The Bertz CT molecular complexity index is 566. The van der Waals surface area contributed by atoms with E-state index in [2.05, 4.69) is 0 Å². The summed E-state index contributed by atoms with van der Waals surface area (Å²) in [7, 11) is 0. The van der Waals surface area contributed by atoms with Crippen LogP contribution in [0.1, 0.15) is 50.8 Å². The first-order valence-corrected chi connectivity index (χ1v) is 7.69. The minimum Gasteiger partial charge on any atom is -0.338 e. The average molecular weight is 327 g/mol. The van der Waals surface area contributed by atoms with Crippen LogP contribution in [0.4, 0.5) is 13.2 Å². The van der Waals surface area contributed by atoms with Crippen LogP contribution in [-0.4, -0.2) is 22.9 Å². The second kappa shape index (κ2) is 7.66. The van der Waals surface area contributed by atoms with Gasteiger partial charge in [-0.05, 0) is 57.9 Å². The fourth-order valence-corrected chi connectivity index (χ4v) is 2.65. The molecule has 0 bridgehead atoms. The molecule has 5 heteroatoms. The van der Waals surface area contributed by atoms with E-state index in [1.807, 2.05) is 27.7 Å². The van der Waals surface area contributed by atoms with Crippen molar-refractivity contribution in [2.45, 2.75) is 59.3 Å². The summed E-state index contributed by atoms with van der Waals surface area (Å²) >= 11 is 0. The number of benzene rings is 1. The van der Waals surface area contributed by atoms with Gasteiger partial charge in [-0.15, -0.1) is 0 Å². The lowest BCUT2D eigenvalue weighted by Gasteiger charge is -2.30. The second-order valence-electron chi connectivity index (χ2n) is 6.23. The first kappa shape index (κ1) is 19.3. The fraction of sp³-hybridized carbons (Fsp3) is 0.500. The number of alkyl halides is 3. The fourth-order valence-electron chi connectivity index (χ4n) is 2.65. The Morgan fingerprint density at radius 3 is 2.17 bits per heavy atom.